The van der Waals surface area contributed by atoms with Gasteiger partial charge in [0.15, 0.2) is 0 Å². The average molecular weight is 245 g/mol. The molecule has 2 rings (SSSR count). The molecule has 0 aliphatic heterocycles. The fraction of sp³-hybridized carbons (Fsp3) is 0.647. The molecule has 1 aromatic carbocycles. The summed E-state index contributed by atoms with van der Waals surface area (Å²) in [6, 6.07) is 10.7. The lowest BCUT2D eigenvalue weighted by atomic mass is 9.71. The van der Waals surface area contributed by atoms with E-state index in [0.29, 0.717) is 0 Å². The van der Waals surface area contributed by atoms with E-state index in [0.717, 1.165) is 18.3 Å². The zero-order valence-corrected chi connectivity index (χ0v) is 11.9. The number of hydrogen-bond donors (Lipinski definition) is 1. The third-order valence-electron chi connectivity index (χ3n) is 4.19. The predicted octanol–water partition coefficient (Wildman–Crippen LogP) is 4.16. The van der Waals surface area contributed by atoms with Crippen LogP contribution in [0.3, 0.4) is 0 Å². The minimum absolute atomic E-state index is 0.0408. The molecule has 1 fully saturated rings. The van der Waals surface area contributed by atoms with Crippen molar-refractivity contribution in [3.05, 3.63) is 35.9 Å². The molecule has 1 heteroatoms. The van der Waals surface area contributed by atoms with Crippen LogP contribution in [0.2, 0.25) is 0 Å². The first-order valence-electron chi connectivity index (χ1n) is 7.40. The lowest BCUT2D eigenvalue weighted by Crippen LogP contribution is -2.46. The van der Waals surface area contributed by atoms with Crippen molar-refractivity contribution < 1.29 is 0 Å². The van der Waals surface area contributed by atoms with Crippen molar-refractivity contribution in [2.24, 2.45) is 17.6 Å². The zero-order chi connectivity index (χ0) is 13.0. The van der Waals surface area contributed by atoms with Crippen molar-refractivity contribution in [3.63, 3.8) is 0 Å². The average Bonchev–Trinajstić information content (AvgIpc) is 2.28. The largest absolute Gasteiger partial charge is 0.325 e. The highest BCUT2D eigenvalue weighted by molar-refractivity contribution is 5.18. The van der Waals surface area contributed by atoms with Gasteiger partial charge in [0.1, 0.15) is 0 Å². The lowest BCUT2D eigenvalue weighted by molar-refractivity contribution is 0.200. The molecule has 1 aromatic rings. The monoisotopic (exact) mass is 245 g/mol. The predicted molar refractivity (Wildman–Crippen MR) is 78.5 cm³/mol. The maximum absolute atomic E-state index is 6.66. The molecule has 2 N–H and O–H groups in total. The molecule has 1 saturated carbocycles. The quantitative estimate of drug-likeness (QED) is 0.846. The van der Waals surface area contributed by atoms with Gasteiger partial charge in [-0.1, -0.05) is 57.0 Å². The van der Waals surface area contributed by atoms with Gasteiger partial charge in [-0.15, -0.1) is 0 Å². The molecular weight excluding hydrogens is 218 g/mol. The second kappa shape index (κ2) is 5.88. The second-order valence-corrected chi connectivity index (χ2v) is 6.62. The molecule has 0 saturated heterocycles. The maximum atomic E-state index is 6.66. The molecule has 0 aromatic heterocycles. The van der Waals surface area contributed by atoms with E-state index in [9.17, 15) is 0 Å². The topological polar surface area (TPSA) is 26.0 Å². The van der Waals surface area contributed by atoms with Crippen molar-refractivity contribution in [3.8, 4) is 0 Å². The maximum Gasteiger partial charge on any atom is 0.0197 e. The molecule has 0 heterocycles. The van der Waals surface area contributed by atoms with Crippen LogP contribution in [0, 0.1) is 11.8 Å². The fourth-order valence-electron chi connectivity index (χ4n) is 3.55. The van der Waals surface area contributed by atoms with Gasteiger partial charge >= 0.3 is 0 Å². The van der Waals surface area contributed by atoms with Gasteiger partial charge in [0, 0.05) is 5.54 Å². The molecule has 2 unspecified atom stereocenters. The van der Waals surface area contributed by atoms with Gasteiger partial charge in [-0.2, -0.15) is 0 Å². The summed E-state index contributed by atoms with van der Waals surface area (Å²) in [5.41, 5.74) is 8.09. The highest BCUT2D eigenvalue weighted by atomic mass is 14.7. The van der Waals surface area contributed by atoms with Gasteiger partial charge in [-0.25, -0.2) is 0 Å². The van der Waals surface area contributed by atoms with Gasteiger partial charge in [0.25, 0.3) is 0 Å². The van der Waals surface area contributed by atoms with Crippen LogP contribution in [0.5, 0.6) is 0 Å². The van der Waals surface area contributed by atoms with Crippen molar-refractivity contribution in [2.45, 2.75) is 57.9 Å². The number of hydrogen-bond acceptors (Lipinski definition) is 1. The molecule has 2 atom stereocenters. The van der Waals surface area contributed by atoms with E-state index in [4.69, 9.17) is 5.73 Å². The molecule has 0 spiro atoms. The number of nitrogens with two attached hydrogens (primary N) is 1. The highest BCUT2D eigenvalue weighted by Crippen LogP contribution is 2.36. The van der Waals surface area contributed by atoms with Crippen LogP contribution < -0.4 is 5.73 Å². The first-order chi connectivity index (χ1) is 8.57. The number of rotatable bonds is 4. The molecule has 100 valence electrons. The summed E-state index contributed by atoms with van der Waals surface area (Å²) < 4.78 is 0. The lowest BCUT2D eigenvalue weighted by Gasteiger charge is -2.39. The molecule has 0 amide bonds. The molecule has 0 radical (unpaired) electrons. The summed E-state index contributed by atoms with van der Waals surface area (Å²) in [7, 11) is 0. The summed E-state index contributed by atoms with van der Waals surface area (Å²) in [6.07, 6.45) is 7.47. The molecule has 1 nitrogen and oxygen atoms in total. The van der Waals surface area contributed by atoms with Crippen LogP contribution >= 0.6 is 0 Å². The van der Waals surface area contributed by atoms with Crippen LogP contribution in [-0.2, 0) is 6.42 Å². The Morgan fingerprint density at radius 2 is 2.00 bits per heavy atom. The van der Waals surface area contributed by atoms with Crippen LogP contribution in [0.1, 0.15) is 51.5 Å². The molecule has 1 aliphatic carbocycles. The molecule has 1 aliphatic rings. The van der Waals surface area contributed by atoms with Crippen molar-refractivity contribution in [1.82, 2.24) is 0 Å². The Morgan fingerprint density at radius 3 is 2.67 bits per heavy atom. The van der Waals surface area contributed by atoms with Crippen molar-refractivity contribution in [2.75, 3.05) is 0 Å². The van der Waals surface area contributed by atoms with E-state index >= 15 is 0 Å². The third-order valence-corrected chi connectivity index (χ3v) is 4.19. The Hall–Kier alpha value is -0.820. The van der Waals surface area contributed by atoms with Crippen LogP contribution in [0.15, 0.2) is 30.3 Å². The van der Waals surface area contributed by atoms with Gasteiger partial charge < -0.3 is 5.73 Å². The molecule has 0 bridgehead atoms. The van der Waals surface area contributed by atoms with Crippen LogP contribution in [0.4, 0.5) is 0 Å². The normalized spacial score (nSPS) is 28.6. The van der Waals surface area contributed by atoms with Gasteiger partial charge in [0.2, 0.25) is 0 Å². The van der Waals surface area contributed by atoms with E-state index in [1.165, 1.54) is 37.7 Å². The minimum Gasteiger partial charge on any atom is -0.325 e. The fourth-order valence-corrected chi connectivity index (χ4v) is 3.55. The van der Waals surface area contributed by atoms with E-state index in [-0.39, 0.29) is 5.54 Å². The van der Waals surface area contributed by atoms with E-state index in [2.05, 4.69) is 44.2 Å². The minimum atomic E-state index is 0.0408. The standard InChI is InChI=1S/C17H27N/c1-14(2)11-16-9-6-10-17(18,13-16)12-15-7-4-3-5-8-15/h3-5,7-8,14,16H,6,9-13,18H2,1-2H3. The zero-order valence-electron chi connectivity index (χ0n) is 11.9. The Morgan fingerprint density at radius 1 is 1.28 bits per heavy atom. The highest BCUT2D eigenvalue weighted by Gasteiger charge is 2.32. The van der Waals surface area contributed by atoms with Gasteiger partial charge in [-0.05, 0) is 43.1 Å². The van der Waals surface area contributed by atoms with Gasteiger partial charge in [-0.3, -0.25) is 0 Å². The summed E-state index contributed by atoms with van der Waals surface area (Å²) in [6.45, 7) is 4.65. The van der Waals surface area contributed by atoms with Crippen LogP contribution in [0.25, 0.3) is 0 Å². The third kappa shape index (κ3) is 3.84. The Kier molecular flexibility index (Phi) is 4.45. The molecular formula is C17H27N. The number of benzene rings is 1. The second-order valence-electron chi connectivity index (χ2n) is 6.62. The summed E-state index contributed by atoms with van der Waals surface area (Å²) in [4.78, 5) is 0. The summed E-state index contributed by atoms with van der Waals surface area (Å²) in [5.74, 6) is 1.64. The van der Waals surface area contributed by atoms with Gasteiger partial charge in [0.05, 0.1) is 0 Å². The van der Waals surface area contributed by atoms with Crippen LogP contribution in [-0.4, -0.2) is 5.54 Å². The first kappa shape index (κ1) is 13.6. The SMILES string of the molecule is CC(C)CC1CCCC(N)(Cc2ccccc2)C1. The van der Waals surface area contributed by atoms with Crippen molar-refractivity contribution >= 4 is 0 Å². The van der Waals surface area contributed by atoms with E-state index in [1.54, 1.807) is 0 Å². The molecule has 18 heavy (non-hydrogen) atoms. The summed E-state index contributed by atoms with van der Waals surface area (Å²) >= 11 is 0. The Labute approximate surface area is 112 Å². The Balaban J connectivity index is 1.97. The van der Waals surface area contributed by atoms with E-state index in [1.807, 2.05) is 0 Å². The summed E-state index contributed by atoms with van der Waals surface area (Å²) in [5, 5.41) is 0. The van der Waals surface area contributed by atoms with Crippen molar-refractivity contribution in [1.29, 1.82) is 0 Å². The smallest absolute Gasteiger partial charge is 0.0197 e. The van der Waals surface area contributed by atoms with E-state index < -0.39 is 0 Å². The Bertz CT molecular complexity index is 357. The first-order valence-corrected chi connectivity index (χ1v) is 7.40.